The van der Waals surface area contributed by atoms with E-state index >= 15 is 0 Å². The Balaban J connectivity index is 1.22. The van der Waals surface area contributed by atoms with Crippen LogP contribution in [0.5, 0.6) is 0 Å². The number of allylic oxidation sites excluding steroid dienone is 11. The minimum absolute atomic E-state index is 0.0312. The molecule has 3 heterocycles. The summed E-state index contributed by atoms with van der Waals surface area (Å²) in [7, 11) is 0. The Bertz CT molecular complexity index is 2470. The molecule has 8 aliphatic rings. The average Bonchev–Trinajstić information content (AvgIpc) is 3.58. The summed E-state index contributed by atoms with van der Waals surface area (Å²) in [6.07, 6.45) is 28.7. The predicted octanol–water partition coefficient (Wildman–Crippen LogP) is 14.8. The van der Waals surface area contributed by atoms with E-state index in [9.17, 15) is 0 Å². The Morgan fingerprint density at radius 2 is 1.43 bits per heavy atom. The van der Waals surface area contributed by atoms with Gasteiger partial charge in [0.1, 0.15) is 0 Å². The van der Waals surface area contributed by atoms with Crippen LogP contribution in [0.1, 0.15) is 159 Å². The first-order valence-electron chi connectivity index (χ1n) is 25.1. The Hall–Kier alpha value is -3.98. The molecule has 0 saturated heterocycles. The van der Waals surface area contributed by atoms with Crippen LogP contribution >= 0.6 is 0 Å². The van der Waals surface area contributed by atoms with E-state index in [0.29, 0.717) is 23.8 Å². The molecule has 0 radical (unpaired) electrons. The van der Waals surface area contributed by atoms with E-state index in [1.165, 1.54) is 47.2 Å². The van der Waals surface area contributed by atoms with E-state index in [2.05, 4.69) is 191 Å². The lowest BCUT2D eigenvalue weighted by molar-refractivity contribution is 0.138. The van der Waals surface area contributed by atoms with Crippen molar-refractivity contribution >= 4 is 17.9 Å². The number of fused-ring (bicyclic) bond motifs is 7. The van der Waals surface area contributed by atoms with Gasteiger partial charge in [-0.3, -0.25) is 0 Å². The van der Waals surface area contributed by atoms with Crippen molar-refractivity contribution in [2.75, 3.05) is 4.90 Å². The van der Waals surface area contributed by atoms with Crippen LogP contribution in [0.4, 0.5) is 5.69 Å². The van der Waals surface area contributed by atoms with Gasteiger partial charge in [-0.25, -0.2) is 0 Å². The van der Waals surface area contributed by atoms with Crippen molar-refractivity contribution in [3.8, 4) is 0 Å². The smallest absolute Gasteiger partial charge is 0.247 e. The molecule has 0 N–H and O–H groups in total. The maximum absolute atomic E-state index is 3.02. The molecule has 2 aromatic carbocycles. The first kappa shape index (κ1) is 42.9. The lowest BCUT2D eigenvalue weighted by Crippen LogP contribution is -2.60. The van der Waals surface area contributed by atoms with Crippen LogP contribution in [0.2, 0.25) is 0 Å². The van der Waals surface area contributed by atoms with Crippen molar-refractivity contribution in [1.82, 2.24) is 4.90 Å². The van der Waals surface area contributed by atoms with Crippen molar-refractivity contribution in [2.24, 2.45) is 34.0 Å². The van der Waals surface area contributed by atoms with Crippen molar-refractivity contribution in [2.45, 2.75) is 171 Å². The van der Waals surface area contributed by atoms with E-state index in [0.717, 1.165) is 38.5 Å². The van der Waals surface area contributed by atoms with Crippen LogP contribution in [0.25, 0.3) is 0 Å². The van der Waals surface area contributed by atoms with Crippen LogP contribution in [0.15, 0.2) is 141 Å². The molecule has 63 heavy (non-hydrogen) atoms. The SMILES string of the molecule is CC(C)(C)C1=CC=C(N2c3ccc(C(C)(C)C)cc3B3C4=CC(C(C)(C)C5=CCCC=C5)CC5=C4N(C4=C3C2CC(C(C)(C)C)=C4)C2CCC(C(C)(C)c3ccccc3)C[C@H]52)CC1. The fourth-order valence-electron chi connectivity index (χ4n) is 13.6. The molecular weight excluding hydrogens is 759 g/mol. The quantitative estimate of drug-likeness (QED) is 0.277. The number of anilines is 1. The highest BCUT2D eigenvalue weighted by atomic mass is 15.2. The fourth-order valence-corrected chi connectivity index (χ4v) is 13.6. The summed E-state index contributed by atoms with van der Waals surface area (Å²) in [6.45, 7) is 32.3. The molecule has 0 spiro atoms. The molecule has 5 atom stereocenters. The number of rotatable bonds is 5. The van der Waals surface area contributed by atoms with E-state index in [-0.39, 0.29) is 39.8 Å². The summed E-state index contributed by atoms with van der Waals surface area (Å²) < 4.78 is 0. The van der Waals surface area contributed by atoms with Crippen molar-refractivity contribution < 1.29 is 0 Å². The number of benzene rings is 2. The van der Waals surface area contributed by atoms with Crippen LogP contribution < -0.4 is 10.4 Å². The highest BCUT2D eigenvalue weighted by molar-refractivity contribution is 6.89. The number of nitrogens with zero attached hydrogens (tertiary/aromatic N) is 2. The number of hydrogen-bond acceptors (Lipinski definition) is 2. The summed E-state index contributed by atoms with van der Waals surface area (Å²) in [5.74, 6) is 1.62. The third-order valence-electron chi connectivity index (χ3n) is 17.8. The molecule has 3 aliphatic heterocycles. The Morgan fingerprint density at radius 1 is 0.683 bits per heavy atom. The highest BCUT2D eigenvalue weighted by Crippen LogP contribution is 2.61. The molecule has 3 heteroatoms. The second kappa shape index (κ2) is 14.8. The summed E-state index contributed by atoms with van der Waals surface area (Å²) in [5.41, 5.74) is 20.9. The molecule has 5 aliphatic carbocycles. The summed E-state index contributed by atoms with van der Waals surface area (Å²) >= 11 is 0. The maximum atomic E-state index is 3.02. The standard InChI is InChI=1S/C60H77BN2/c1-56(2,3)38-24-28-45(29-25-38)62-51-31-26-41(57(4,5)6)34-48(51)61-49-35-44(60(12,13)40-22-18-15-19-23-40)33-47-46-32-42(59(10,11)39-20-16-14-17-21-39)27-30-50(46)63(55(47)49)53-37-43(58(7,8)9)36-52(62)54(53)61/h14,16-18,20-24,26,28,31,34-35,37,42,44,46,50,52H,15,19,25,27,29-30,32-33,36H2,1-13H3/t42?,44?,46-,50?,52?/m1/s1. The molecule has 0 amide bonds. The normalized spacial score (nSPS) is 27.2. The third-order valence-corrected chi connectivity index (χ3v) is 17.8. The predicted molar refractivity (Wildman–Crippen MR) is 270 cm³/mol. The van der Waals surface area contributed by atoms with Gasteiger partial charge >= 0.3 is 0 Å². The number of hydrogen-bond donors (Lipinski definition) is 0. The van der Waals surface area contributed by atoms with Crippen LogP contribution in [-0.2, 0) is 10.8 Å². The molecule has 330 valence electrons. The van der Waals surface area contributed by atoms with Crippen LogP contribution in [-0.4, -0.2) is 23.7 Å². The first-order chi connectivity index (χ1) is 29.7. The molecule has 0 aromatic heterocycles. The van der Waals surface area contributed by atoms with Gasteiger partial charge in [0.2, 0.25) is 6.71 Å². The van der Waals surface area contributed by atoms with Gasteiger partial charge in [0.15, 0.2) is 0 Å². The van der Waals surface area contributed by atoms with Gasteiger partial charge in [0.25, 0.3) is 0 Å². The lowest BCUT2D eigenvalue weighted by Gasteiger charge is -2.54. The molecule has 1 saturated carbocycles. The molecule has 2 aromatic rings. The zero-order chi connectivity index (χ0) is 44.6. The summed E-state index contributed by atoms with van der Waals surface area (Å²) in [5, 5.41) is 0. The Labute approximate surface area is 383 Å². The van der Waals surface area contributed by atoms with E-state index < -0.39 is 0 Å². The van der Waals surface area contributed by atoms with Crippen LogP contribution in [0.3, 0.4) is 0 Å². The summed E-state index contributed by atoms with van der Waals surface area (Å²) in [6, 6.07) is 20.0. The molecule has 4 unspecified atom stereocenters. The van der Waals surface area contributed by atoms with Gasteiger partial charge in [-0.2, -0.15) is 0 Å². The first-order valence-corrected chi connectivity index (χ1v) is 25.1. The fraction of sp³-hybridized carbons (Fsp3) is 0.533. The van der Waals surface area contributed by atoms with Crippen molar-refractivity contribution in [1.29, 1.82) is 0 Å². The monoisotopic (exact) mass is 837 g/mol. The van der Waals surface area contributed by atoms with Gasteiger partial charge in [0, 0.05) is 34.7 Å². The Kier molecular flexibility index (Phi) is 10.1. The molecular formula is C60H77BN2. The molecule has 2 nitrogen and oxygen atoms in total. The molecule has 1 fully saturated rings. The van der Waals surface area contributed by atoms with Gasteiger partial charge in [-0.1, -0.05) is 174 Å². The largest absolute Gasteiger partial charge is 0.339 e. The van der Waals surface area contributed by atoms with E-state index in [1.807, 2.05) is 0 Å². The third kappa shape index (κ3) is 6.94. The topological polar surface area (TPSA) is 6.48 Å². The zero-order valence-electron chi connectivity index (χ0n) is 41.4. The highest BCUT2D eigenvalue weighted by Gasteiger charge is 2.58. The van der Waals surface area contributed by atoms with Crippen molar-refractivity contribution in [3.63, 3.8) is 0 Å². The minimum atomic E-state index is 0.0312. The zero-order valence-corrected chi connectivity index (χ0v) is 41.4. The molecule has 10 rings (SSSR count). The lowest BCUT2D eigenvalue weighted by atomic mass is 9.29. The van der Waals surface area contributed by atoms with Crippen molar-refractivity contribution in [3.05, 3.63) is 153 Å². The van der Waals surface area contributed by atoms with Gasteiger partial charge in [-0.15, -0.1) is 0 Å². The Morgan fingerprint density at radius 3 is 2.08 bits per heavy atom. The van der Waals surface area contributed by atoms with Gasteiger partial charge in [0.05, 0.1) is 6.04 Å². The van der Waals surface area contributed by atoms with Gasteiger partial charge in [-0.05, 0) is 154 Å². The van der Waals surface area contributed by atoms with Gasteiger partial charge < -0.3 is 9.80 Å². The second-order valence-electron chi connectivity index (χ2n) is 25.2. The average molecular weight is 837 g/mol. The minimum Gasteiger partial charge on any atom is -0.339 e. The van der Waals surface area contributed by atoms with E-state index in [4.69, 9.17) is 0 Å². The maximum Gasteiger partial charge on any atom is 0.247 e. The van der Waals surface area contributed by atoms with E-state index in [1.54, 1.807) is 44.6 Å². The van der Waals surface area contributed by atoms with Crippen LogP contribution in [0, 0.1) is 34.0 Å². The second-order valence-corrected chi connectivity index (χ2v) is 25.2. The molecule has 0 bridgehead atoms. The summed E-state index contributed by atoms with van der Waals surface area (Å²) in [4.78, 5) is 5.90.